The number of hydrogen-bond acceptors (Lipinski definition) is 3. The molecule has 1 aromatic carbocycles. The summed E-state index contributed by atoms with van der Waals surface area (Å²) in [5.74, 6) is 1.67. The lowest BCUT2D eigenvalue weighted by Gasteiger charge is -2.35. The van der Waals surface area contributed by atoms with Gasteiger partial charge < -0.3 is 15.0 Å². The second kappa shape index (κ2) is 11.8. The standard InChI is InChI=1S/C22H34N4O.HI/c1-18(2)16-25-13-14-27-21(17-25)15-24-22(23-3)26-11-9-20(10-12-26)19-7-5-4-6-8-19;/h4-9,18,21H,10-17H2,1-3H3,(H,23,24);1H. The van der Waals surface area contributed by atoms with Gasteiger partial charge in [-0.15, -0.1) is 24.0 Å². The number of ether oxygens (including phenoxy) is 1. The van der Waals surface area contributed by atoms with E-state index in [-0.39, 0.29) is 30.1 Å². The zero-order chi connectivity index (χ0) is 19.1. The summed E-state index contributed by atoms with van der Waals surface area (Å²) in [5.41, 5.74) is 2.77. The highest BCUT2D eigenvalue weighted by Crippen LogP contribution is 2.22. The van der Waals surface area contributed by atoms with Crippen LogP contribution in [0.15, 0.2) is 41.4 Å². The Balaban J connectivity index is 0.00000280. The van der Waals surface area contributed by atoms with E-state index < -0.39 is 0 Å². The van der Waals surface area contributed by atoms with Crippen LogP contribution in [0.3, 0.4) is 0 Å². The number of nitrogens with one attached hydrogen (secondary N) is 1. The fourth-order valence-corrected chi connectivity index (χ4v) is 3.90. The largest absolute Gasteiger partial charge is 0.374 e. The third kappa shape index (κ3) is 6.74. The molecule has 3 rings (SSSR count). The van der Waals surface area contributed by atoms with Crippen molar-refractivity contribution >= 4 is 35.5 Å². The molecule has 0 saturated carbocycles. The van der Waals surface area contributed by atoms with Crippen molar-refractivity contribution in [2.75, 3.05) is 52.9 Å². The first-order valence-corrected chi connectivity index (χ1v) is 10.2. The fraction of sp³-hybridized carbons (Fsp3) is 0.591. The van der Waals surface area contributed by atoms with Crippen molar-refractivity contribution in [3.8, 4) is 0 Å². The molecule has 0 amide bonds. The Morgan fingerprint density at radius 3 is 2.68 bits per heavy atom. The maximum Gasteiger partial charge on any atom is 0.194 e. The summed E-state index contributed by atoms with van der Waals surface area (Å²) in [5, 5.41) is 3.53. The summed E-state index contributed by atoms with van der Waals surface area (Å²) in [6.07, 6.45) is 3.61. The maximum absolute atomic E-state index is 5.96. The maximum atomic E-state index is 5.96. The van der Waals surface area contributed by atoms with Gasteiger partial charge in [-0.1, -0.05) is 50.3 Å². The SMILES string of the molecule is CN=C(NCC1CN(CC(C)C)CCO1)N1CC=C(c2ccccc2)CC1.I. The van der Waals surface area contributed by atoms with Crippen LogP contribution in [-0.4, -0.2) is 74.8 Å². The second-order valence-corrected chi connectivity index (χ2v) is 7.87. The minimum absolute atomic E-state index is 0. The number of aliphatic imine (C=N–C) groups is 1. The van der Waals surface area contributed by atoms with Gasteiger partial charge in [-0.25, -0.2) is 0 Å². The molecule has 0 aliphatic carbocycles. The highest BCUT2D eigenvalue weighted by Gasteiger charge is 2.22. The van der Waals surface area contributed by atoms with Gasteiger partial charge in [-0.2, -0.15) is 0 Å². The van der Waals surface area contributed by atoms with Gasteiger partial charge in [0.1, 0.15) is 0 Å². The lowest BCUT2D eigenvalue weighted by atomic mass is 10.00. The molecule has 1 N–H and O–H groups in total. The van der Waals surface area contributed by atoms with E-state index in [9.17, 15) is 0 Å². The normalized spacial score (nSPS) is 21.3. The van der Waals surface area contributed by atoms with Crippen LogP contribution in [0.2, 0.25) is 0 Å². The zero-order valence-electron chi connectivity index (χ0n) is 17.4. The molecule has 5 nitrogen and oxygen atoms in total. The Kier molecular flexibility index (Phi) is 9.74. The number of hydrogen-bond donors (Lipinski definition) is 1. The van der Waals surface area contributed by atoms with Crippen LogP contribution in [0.25, 0.3) is 5.57 Å². The van der Waals surface area contributed by atoms with E-state index >= 15 is 0 Å². The highest BCUT2D eigenvalue weighted by molar-refractivity contribution is 14.0. The van der Waals surface area contributed by atoms with Gasteiger partial charge in [0.2, 0.25) is 0 Å². The lowest BCUT2D eigenvalue weighted by molar-refractivity contribution is -0.0286. The number of benzene rings is 1. The molecule has 28 heavy (non-hydrogen) atoms. The van der Waals surface area contributed by atoms with Crippen LogP contribution < -0.4 is 5.32 Å². The molecule has 156 valence electrons. The molecule has 1 atom stereocenters. The van der Waals surface area contributed by atoms with Crippen molar-refractivity contribution in [3.63, 3.8) is 0 Å². The molecule has 2 heterocycles. The molecular weight excluding hydrogens is 463 g/mol. The van der Waals surface area contributed by atoms with E-state index in [1.165, 1.54) is 11.1 Å². The van der Waals surface area contributed by atoms with Gasteiger partial charge in [0.15, 0.2) is 5.96 Å². The van der Waals surface area contributed by atoms with Crippen molar-refractivity contribution in [2.45, 2.75) is 26.4 Å². The predicted molar refractivity (Wildman–Crippen MR) is 128 cm³/mol. The first-order chi connectivity index (χ1) is 13.2. The van der Waals surface area contributed by atoms with Crippen molar-refractivity contribution in [3.05, 3.63) is 42.0 Å². The van der Waals surface area contributed by atoms with E-state index in [0.29, 0.717) is 5.92 Å². The summed E-state index contributed by atoms with van der Waals surface area (Å²) >= 11 is 0. The molecule has 0 bridgehead atoms. The average Bonchev–Trinajstić information content (AvgIpc) is 2.69. The summed E-state index contributed by atoms with van der Waals surface area (Å²) in [7, 11) is 1.87. The summed E-state index contributed by atoms with van der Waals surface area (Å²) < 4.78 is 5.96. The van der Waals surface area contributed by atoms with Gasteiger partial charge in [0, 0.05) is 46.3 Å². The highest BCUT2D eigenvalue weighted by atomic mass is 127. The first-order valence-electron chi connectivity index (χ1n) is 10.2. The van der Waals surface area contributed by atoms with Gasteiger partial charge in [-0.05, 0) is 23.5 Å². The monoisotopic (exact) mass is 498 g/mol. The molecule has 2 aliphatic rings. The van der Waals surface area contributed by atoms with E-state index in [0.717, 1.165) is 58.3 Å². The molecule has 1 unspecified atom stereocenters. The van der Waals surface area contributed by atoms with Gasteiger partial charge in [0.05, 0.1) is 12.7 Å². The third-order valence-electron chi connectivity index (χ3n) is 5.20. The molecule has 6 heteroatoms. The van der Waals surface area contributed by atoms with Crippen LogP contribution in [0.1, 0.15) is 25.8 Å². The topological polar surface area (TPSA) is 40.1 Å². The first kappa shape index (κ1) is 23.2. The Morgan fingerprint density at radius 1 is 1.25 bits per heavy atom. The molecule has 2 aliphatic heterocycles. The number of halogens is 1. The van der Waals surface area contributed by atoms with E-state index in [1.807, 2.05) is 7.05 Å². The summed E-state index contributed by atoms with van der Waals surface area (Å²) in [6.45, 7) is 11.3. The van der Waals surface area contributed by atoms with E-state index in [1.54, 1.807) is 0 Å². The summed E-state index contributed by atoms with van der Waals surface area (Å²) in [6, 6.07) is 10.7. The molecule has 1 fully saturated rings. The number of morpholine rings is 1. The van der Waals surface area contributed by atoms with Crippen molar-refractivity contribution < 1.29 is 4.74 Å². The Hall–Kier alpha value is -1.12. The van der Waals surface area contributed by atoms with Crippen LogP contribution in [0.5, 0.6) is 0 Å². The predicted octanol–water partition coefficient (Wildman–Crippen LogP) is 3.33. The molecule has 0 radical (unpaired) electrons. The fourth-order valence-electron chi connectivity index (χ4n) is 3.90. The molecule has 1 saturated heterocycles. The van der Waals surface area contributed by atoms with Crippen molar-refractivity contribution in [1.82, 2.24) is 15.1 Å². The zero-order valence-corrected chi connectivity index (χ0v) is 19.8. The number of rotatable bonds is 5. The lowest BCUT2D eigenvalue weighted by Crippen LogP contribution is -2.51. The molecule has 1 aromatic rings. The van der Waals surface area contributed by atoms with Crippen LogP contribution in [0, 0.1) is 5.92 Å². The summed E-state index contributed by atoms with van der Waals surface area (Å²) in [4.78, 5) is 9.33. The van der Waals surface area contributed by atoms with Gasteiger partial charge >= 0.3 is 0 Å². The minimum Gasteiger partial charge on any atom is -0.374 e. The molecule has 0 spiro atoms. The van der Waals surface area contributed by atoms with Crippen LogP contribution in [-0.2, 0) is 4.74 Å². The van der Waals surface area contributed by atoms with Crippen LogP contribution >= 0.6 is 24.0 Å². The number of guanidine groups is 1. The quantitative estimate of drug-likeness (QED) is 0.384. The second-order valence-electron chi connectivity index (χ2n) is 7.87. The smallest absolute Gasteiger partial charge is 0.194 e. The van der Waals surface area contributed by atoms with Crippen molar-refractivity contribution in [1.29, 1.82) is 0 Å². The Bertz CT molecular complexity index is 647. The average molecular weight is 498 g/mol. The van der Waals surface area contributed by atoms with Gasteiger partial charge in [0.25, 0.3) is 0 Å². The van der Waals surface area contributed by atoms with E-state index in [4.69, 9.17) is 4.74 Å². The van der Waals surface area contributed by atoms with E-state index in [2.05, 4.69) is 70.4 Å². The van der Waals surface area contributed by atoms with Crippen molar-refractivity contribution in [2.24, 2.45) is 10.9 Å². The third-order valence-corrected chi connectivity index (χ3v) is 5.20. The molecular formula is C22H35IN4O. The van der Waals surface area contributed by atoms with Crippen LogP contribution in [0.4, 0.5) is 0 Å². The minimum atomic E-state index is 0. The Morgan fingerprint density at radius 2 is 2.04 bits per heavy atom. The van der Waals surface area contributed by atoms with Gasteiger partial charge in [-0.3, -0.25) is 9.89 Å². The Labute approximate surface area is 187 Å². The number of nitrogens with zero attached hydrogens (tertiary/aromatic N) is 3. The molecule has 0 aromatic heterocycles.